The van der Waals surface area contributed by atoms with Gasteiger partial charge in [0.25, 0.3) is 0 Å². The van der Waals surface area contributed by atoms with Gasteiger partial charge in [0.1, 0.15) is 5.82 Å². The van der Waals surface area contributed by atoms with E-state index in [1.54, 1.807) is 0 Å². The highest BCUT2D eigenvalue weighted by Crippen LogP contribution is 2.23. The number of anilines is 1. The molecule has 0 aliphatic rings. The average molecular weight is 281 g/mol. The SMILES string of the molecule is CC(Nc1cccc(CO)c1)c1nc2ccccc2n1C. The fourth-order valence-corrected chi connectivity index (χ4v) is 2.63. The van der Waals surface area contributed by atoms with Gasteiger partial charge in [0.05, 0.1) is 23.7 Å². The number of benzene rings is 2. The van der Waals surface area contributed by atoms with Crippen LogP contribution in [0.5, 0.6) is 0 Å². The third-order valence-corrected chi connectivity index (χ3v) is 3.70. The second-order valence-electron chi connectivity index (χ2n) is 5.24. The summed E-state index contributed by atoms with van der Waals surface area (Å²) in [6.07, 6.45) is 0. The van der Waals surface area contributed by atoms with Gasteiger partial charge in [-0.3, -0.25) is 0 Å². The summed E-state index contributed by atoms with van der Waals surface area (Å²) in [5.41, 5.74) is 4.02. The van der Waals surface area contributed by atoms with E-state index in [2.05, 4.69) is 22.9 Å². The van der Waals surface area contributed by atoms with Crippen LogP contribution in [0.1, 0.15) is 24.4 Å². The predicted molar refractivity (Wildman–Crippen MR) is 85.1 cm³/mol. The summed E-state index contributed by atoms with van der Waals surface area (Å²) in [6.45, 7) is 2.14. The van der Waals surface area contributed by atoms with E-state index < -0.39 is 0 Å². The quantitative estimate of drug-likeness (QED) is 0.772. The Morgan fingerprint density at radius 2 is 2.00 bits per heavy atom. The maximum atomic E-state index is 9.21. The van der Waals surface area contributed by atoms with E-state index >= 15 is 0 Å². The normalized spacial score (nSPS) is 12.5. The van der Waals surface area contributed by atoms with Gasteiger partial charge in [-0.05, 0) is 36.8 Å². The third kappa shape index (κ3) is 2.62. The molecule has 1 heterocycles. The van der Waals surface area contributed by atoms with Gasteiger partial charge in [-0.1, -0.05) is 24.3 Å². The molecule has 4 heteroatoms. The number of para-hydroxylation sites is 2. The molecule has 108 valence electrons. The van der Waals surface area contributed by atoms with Gasteiger partial charge in [0.2, 0.25) is 0 Å². The molecule has 0 spiro atoms. The first-order valence-corrected chi connectivity index (χ1v) is 7.06. The smallest absolute Gasteiger partial charge is 0.131 e. The zero-order valence-corrected chi connectivity index (χ0v) is 12.2. The number of hydrogen-bond acceptors (Lipinski definition) is 3. The standard InChI is InChI=1S/C17H19N3O/c1-12(18-14-7-5-6-13(10-14)11-21)17-19-15-8-3-4-9-16(15)20(17)2/h3-10,12,18,21H,11H2,1-2H3. The van der Waals surface area contributed by atoms with Gasteiger partial charge in [-0.2, -0.15) is 0 Å². The molecule has 2 N–H and O–H groups in total. The fourth-order valence-electron chi connectivity index (χ4n) is 2.63. The Hall–Kier alpha value is -2.33. The van der Waals surface area contributed by atoms with Crippen LogP contribution in [-0.2, 0) is 13.7 Å². The van der Waals surface area contributed by atoms with E-state index in [0.717, 1.165) is 28.1 Å². The van der Waals surface area contributed by atoms with Crippen LogP contribution >= 0.6 is 0 Å². The minimum absolute atomic E-state index is 0.0518. The molecule has 3 rings (SSSR count). The van der Waals surface area contributed by atoms with Crippen molar-refractivity contribution in [3.63, 3.8) is 0 Å². The number of aliphatic hydroxyl groups is 1. The van der Waals surface area contributed by atoms with Crippen LogP contribution in [0.15, 0.2) is 48.5 Å². The van der Waals surface area contributed by atoms with E-state index in [9.17, 15) is 5.11 Å². The van der Waals surface area contributed by atoms with Gasteiger partial charge in [-0.25, -0.2) is 4.98 Å². The topological polar surface area (TPSA) is 50.1 Å². The van der Waals surface area contributed by atoms with E-state index in [1.165, 1.54) is 0 Å². The summed E-state index contributed by atoms with van der Waals surface area (Å²) < 4.78 is 2.11. The molecular weight excluding hydrogens is 262 g/mol. The predicted octanol–water partition coefficient (Wildman–Crippen LogP) is 3.24. The van der Waals surface area contributed by atoms with Gasteiger partial charge in [0, 0.05) is 12.7 Å². The fraction of sp³-hybridized carbons (Fsp3) is 0.235. The van der Waals surface area contributed by atoms with Crippen molar-refractivity contribution in [2.24, 2.45) is 7.05 Å². The Kier molecular flexibility index (Phi) is 3.62. The van der Waals surface area contributed by atoms with Crippen molar-refractivity contribution >= 4 is 16.7 Å². The Labute approximate surface area is 124 Å². The molecule has 1 atom stereocenters. The molecule has 3 aromatic rings. The Bertz CT molecular complexity index is 764. The highest BCUT2D eigenvalue weighted by molar-refractivity contribution is 5.76. The van der Waals surface area contributed by atoms with Gasteiger partial charge < -0.3 is 15.0 Å². The van der Waals surface area contributed by atoms with Crippen LogP contribution in [0.3, 0.4) is 0 Å². The Balaban J connectivity index is 1.89. The molecule has 0 aliphatic heterocycles. The molecule has 0 radical (unpaired) electrons. The number of aryl methyl sites for hydroxylation is 1. The highest BCUT2D eigenvalue weighted by Gasteiger charge is 2.14. The number of nitrogens with zero attached hydrogens (tertiary/aromatic N) is 2. The number of hydrogen-bond donors (Lipinski definition) is 2. The lowest BCUT2D eigenvalue weighted by Gasteiger charge is -2.15. The number of rotatable bonds is 4. The van der Waals surface area contributed by atoms with Gasteiger partial charge in [0.15, 0.2) is 0 Å². The van der Waals surface area contributed by atoms with Gasteiger partial charge >= 0.3 is 0 Å². The highest BCUT2D eigenvalue weighted by atomic mass is 16.3. The number of aliphatic hydroxyl groups excluding tert-OH is 1. The molecule has 0 fully saturated rings. The van der Waals surface area contributed by atoms with Crippen molar-refractivity contribution in [2.75, 3.05) is 5.32 Å². The summed E-state index contributed by atoms with van der Waals surface area (Å²) in [6, 6.07) is 16.0. The van der Waals surface area contributed by atoms with Crippen LogP contribution in [0.2, 0.25) is 0 Å². The molecule has 0 bridgehead atoms. The molecule has 4 nitrogen and oxygen atoms in total. The summed E-state index contributed by atoms with van der Waals surface area (Å²) in [4.78, 5) is 4.70. The van der Waals surface area contributed by atoms with E-state index in [0.29, 0.717) is 0 Å². The Morgan fingerprint density at radius 3 is 2.76 bits per heavy atom. The first-order chi connectivity index (χ1) is 10.2. The molecule has 0 amide bonds. The summed E-state index contributed by atoms with van der Waals surface area (Å²) in [5.74, 6) is 0.991. The molecule has 1 unspecified atom stereocenters. The maximum Gasteiger partial charge on any atom is 0.131 e. The van der Waals surface area contributed by atoms with Crippen molar-refractivity contribution in [1.82, 2.24) is 9.55 Å². The summed E-state index contributed by atoms with van der Waals surface area (Å²) in [7, 11) is 2.03. The summed E-state index contributed by atoms with van der Waals surface area (Å²) in [5, 5.41) is 12.6. The van der Waals surface area contributed by atoms with Crippen molar-refractivity contribution < 1.29 is 5.11 Å². The molecule has 0 saturated carbocycles. The maximum absolute atomic E-state index is 9.21. The monoisotopic (exact) mass is 281 g/mol. The lowest BCUT2D eigenvalue weighted by Crippen LogP contribution is -2.12. The molecular formula is C17H19N3O. The molecule has 2 aromatic carbocycles. The average Bonchev–Trinajstić information content (AvgIpc) is 2.85. The zero-order chi connectivity index (χ0) is 14.8. The lowest BCUT2D eigenvalue weighted by molar-refractivity contribution is 0.282. The van der Waals surface area contributed by atoms with Crippen molar-refractivity contribution in [3.8, 4) is 0 Å². The molecule has 0 saturated heterocycles. The molecule has 1 aromatic heterocycles. The molecule has 21 heavy (non-hydrogen) atoms. The van der Waals surface area contributed by atoms with E-state index in [4.69, 9.17) is 4.98 Å². The minimum atomic E-state index is 0.0518. The second-order valence-corrected chi connectivity index (χ2v) is 5.24. The van der Waals surface area contributed by atoms with Crippen LogP contribution in [0, 0.1) is 0 Å². The molecule has 0 aliphatic carbocycles. The first kappa shape index (κ1) is 13.6. The number of nitrogens with one attached hydrogen (secondary N) is 1. The van der Waals surface area contributed by atoms with E-state index in [1.807, 2.05) is 49.5 Å². The van der Waals surface area contributed by atoms with Crippen LogP contribution < -0.4 is 5.32 Å². The van der Waals surface area contributed by atoms with Gasteiger partial charge in [-0.15, -0.1) is 0 Å². The van der Waals surface area contributed by atoms with Crippen molar-refractivity contribution in [1.29, 1.82) is 0 Å². The Morgan fingerprint density at radius 1 is 1.19 bits per heavy atom. The third-order valence-electron chi connectivity index (χ3n) is 3.70. The van der Waals surface area contributed by atoms with Crippen LogP contribution in [-0.4, -0.2) is 14.7 Å². The first-order valence-electron chi connectivity index (χ1n) is 7.06. The zero-order valence-electron chi connectivity index (χ0n) is 12.2. The largest absolute Gasteiger partial charge is 0.392 e. The van der Waals surface area contributed by atoms with Crippen molar-refractivity contribution in [3.05, 3.63) is 59.9 Å². The number of aromatic nitrogens is 2. The lowest BCUT2D eigenvalue weighted by atomic mass is 10.2. The van der Waals surface area contributed by atoms with Crippen LogP contribution in [0.25, 0.3) is 11.0 Å². The van der Waals surface area contributed by atoms with Crippen LogP contribution in [0.4, 0.5) is 5.69 Å². The summed E-state index contributed by atoms with van der Waals surface area (Å²) >= 11 is 0. The van der Waals surface area contributed by atoms with E-state index in [-0.39, 0.29) is 12.6 Å². The minimum Gasteiger partial charge on any atom is -0.392 e. The number of imidazole rings is 1. The number of fused-ring (bicyclic) bond motifs is 1. The van der Waals surface area contributed by atoms with Crippen molar-refractivity contribution in [2.45, 2.75) is 19.6 Å². The second kappa shape index (κ2) is 5.58.